The number of rotatable bonds is 6. The van der Waals surface area contributed by atoms with Crippen molar-refractivity contribution in [2.45, 2.75) is 32.7 Å². The molecular weight excluding hydrogens is 372 g/mol. The van der Waals surface area contributed by atoms with E-state index in [4.69, 9.17) is 4.84 Å². The highest BCUT2D eigenvalue weighted by atomic mass is 35.5. The minimum atomic E-state index is 0. The molecule has 1 fully saturated rings. The molecule has 2 aromatic rings. The van der Waals surface area contributed by atoms with Crippen molar-refractivity contribution >= 4 is 18.3 Å². The van der Waals surface area contributed by atoms with E-state index in [2.05, 4.69) is 49.2 Å². The monoisotopic (exact) mass is 400 g/mol. The molecule has 1 unspecified atom stereocenters. The molecule has 150 valence electrons. The summed E-state index contributed by atoms with van der Waals surface area (Å²) in [6.07, 6.45) is 2.68. The first-order valence-corrected chi connectivity index (χ1v) is 9.52. The molecule has 0 radical (unpaired) electrons. The van der Waals surface area contributed by atoms with Crippen LogP contribution in [0.2, 0.25) is 0 Å². The zero-order valence-corrected chi connectivity index (χ0v) is 17.7. The summed E-state index contributed by atoms with van der Waals surface area (Å²) in [4.78, 5) is 19.5. The average molecular weight is 401 g/mol. The van der Waals surface area contributed by atoms with Crippen molar-refractivity contribution in [3.63, 3.8) is 0 Å². The van der Waals surface area contributed by atoms with Gasteiger partial charge in [0.15, 0.2) is 5.75 Å². The molecule has 5 heteroatoms. The van der Waals surface area contributed by atoms with Crippen LogP contribution in [0, 0.1) is 12.8 Å². The summed E-state index contributed by atoms with van der Waals surface area (Å²) in [5, 5.41) is 1.70. The summed E-state index contributed by atoms with van der Waals surface area (Å²) in [6.45, 7) is 3.70. The second kappa shape index (κ2) is 10.3. The third kappa shape index (κ3) is 6.13. The van der Waals surface area contributed by atoms with Gasteiger partial charge >= 0.3 is 0 Å². The number of halogens is 1. The normalized spacial score (nSPS) is 16.5. The third-order valence-corrected chi connectivity index (χ3v) is 4.92. The molecule has 28 heavy (non-hydrogen) atoms. The summed E-state index contributed by atoms with van der Waals surface area (Å²) in [5.41, 5.74) is 4.43. The van der Waals surface area contributed by atoms with E-state index in [9.17, 15) is 4.79 Å². The van der Waals surface area contributed by atoms with E-state index in [0.717, 1.165) is 25.1 Å². The highest BCUT2D eigenvalue weighted by molar-refractivity contribution is 5.85. The van der Waals surface area contributed by atoms with E-state index in [-0.39, 0.29) is 12.4 Å². The van der Waals surface area contributed by atoms with Crippen molar-refractivity contribution in [3.05, 3.63) is 70.9 Å². The molecule has 3 rings (SSSR count). The SMILES string of the molecule is Cc1ccc(ON2CCC(Cc3ccc(CN(C)C)cc3)CC2=C=O)cc1.Cl. The lowest BCUT2D eigenvalue weighted by atomic mass is 9.89. The van der Waals surface area contributed by atoms with Gasteiger partial charge in [0.2, 0.25) is 0 Å². The number of hydrogen-bond donors (Lipinski definition) is 0. The van der Waals surface area contributed by atoms with Gasteiger partial charge in [-0.05, 0) is 63.0 Å². The van der Waals surface area contributed by atoms with Gasteiger partial charge in [0.05, 0.1) is 6.54 Å². The van der Waals surface area contributed by atoms with Crippen LogP contribution in [0.5, 0.6) is 5.75 Å². The molecule has 4 nitrogen and oxygen atoms in total. The van der Waals surface area contributed by atoms with Crippen LogP contribution in [0.4, 0.5) is 0 Å². The van der Waals surface area contributed by atoms with Crippen molar-refractivity contribution in [3.8, 4) is 5.75 Å². The van der Waals surface area contributed by atoms with Crippen LogP contribution >= 0.6 is 12.4 Å². The lowest BCUT2D eigenvalue weighted by Crippen LogP contribution is -2.35. The minimum Gasteiger partial charge on any atom is -0.379 e. The fourth-order valence-electron chi connectivity index (χ4n) is 3.49. The first-order chi connectivity index (χ1) is 13.0. The van der Waals surface area contributed by atoms with Crippen LogP contribution in [-0.2, 0) is 17.8 Å². The molecule has 0 bridgehead atoms. The minimum absolute atomic E-state index is 0. The Labute approximate surface area is 174 Å². The van der Waals surface area contributed by atoms with Crippen molar-refractivity contribution in [1.29, 1.82) is 0 Å². The molecule has 1 atom stereocenters. The average Bonchev–Trinajstić information content (AvgIpc) is 2.66. The van der Waals surface area contributed by atoms with Crippen LogP contribution in [0.15, 0.2) is 54.2 Å². The molecule has 0 N–H and O–H groups in total. The Hall–Kier alpha value is -2.26. The second-order valence-corrected chi connectivity index (χ2v) is 7.67. The van der Waals surface area contributed by atoms with E-state index in [1.165, 1.54) is 16.7 Å². The van der Waals surface area contributed by atoms with Crippen molar-refractivity contribution in [2.75, 3.05) is 20.6 Å². The van der Waals surface area contributed by atoms with Gasteiger partial charge in [0, 0.05) is 13.0 Å². The Balaban J connectivity index is 0.00000280. The predicted octanol–water partition coefficient (Wildman–Crippen LogP) is 4.44. The molecule has 1 aliphatic heterocycles. The summed E-state index contributed by atoms with van der Waals surface area (Å²) < 4.78 is 0. The zero-order valence-electron chi connectivity index (χ0n) is 16.9. The number of benzene rings is 2. The Kier molecular flexibility index (Phi) is 8.13. The lowest BCUT2D eigenvalue weighted by molar-refractivity contribution is -0.0439. The van der Waals surface area contributed by atoms with Gasteiger partial charge in [0.1, 0.15) is 11.6 Å². The summed E-state index contributed by atoms with van der Waals surface area (Å²) in [6, 6.07) is 16.7. The number of nitrogens with zero attached hydrogens (tertiary/aromatic N) is 2. The molecule has 0 spiro atoms. The molecule has 0 aromatic heterocycles. The van der Waals surface area contributed by atoms with Crippen LogP contribution in [-0.4, -0.2) is 36.5 Å². The van der Waals surface area contributed by atoms with Crippen LogP contribution in [0.1, 0.15) is 29.5 Å². The largest absolute Gasteiger partial charge is 0.379 e. The number of aryl methyl sites for hydroxylation is 1. The van der Waals surface area contributed by atoms with E-state index >= 15 is 0 Å². The van der Waals surface area contributed by atoms with Gasteiger partial charge in [0.25, 0.3) is 0 Å². The fourth-order valence-corrected chi connectivity index (χ4v) is 3.49. The van der Waals surface area contributed by atoms with Crippen LogP contribution in [0.3, 0.4) is 0 Å². The molecule has 0 saturated carbocycles. The van der Waals surface area contributed by atoms with Gasteiger partial charge in [-0.25, -0.2) is 9.86 Å². The smallest absolute Gasteiger partial charge is 0.155 e. The van der Waals surface area contributed by atoms with Crippen molar-refractivity contribution in [2.24, 2.45) is 5.92 Å². The Bertz CT molecular complexity index is 796. The van der Waals surface area contributed by atoms with E-state index < -0.39 is 0 Å². The summed E-state index contributed by atoms with van der Waals surface area (Å²) in [7, 11) is 4.15. The number of hydroxylamine groups is 2. The molecule has 2 aromatic carbocycles. The maximum Gasteiger partial charge on any atom is 0.155 e. The van der Waals surface area contributed by atoms with Gasteiger partial charge in [-0.3, -0.25) is 0 Å². The van der Waals surface area contributed by atoms with Crippen LogP contribution in [0.25, 0.3) is 0 Å². The highest BCUT2D eigenvalue weighted by Gasteiger charge is 2.25. The van der Waals surface area contributed by atoms with E-state index in [1.807, 2.05) is 31.2 Å². The number of carbonyl (C=O) groups excluding carboxylic acids is 1. The second-order valence-electron chi connectivity index (χ2n) is 7.67. The topological polar surface area (TPSA) is 32.8 Å². The highest BCUT2D eigenvalue weighted by Crippen LogP contribution is 2.28. The van der Waals surface area contributed by atoms with Crippen molar-refractivity contribution in [1.82, 2.24) is 9.96 Å². The van der Waals surface area contributed by atoms with Gasteiger partial charge in [-0.2, -0.15) is 0 Å². The number of piperidine rings is 1. The Morgan fingerprint density at radius 3 is 2.32 bits per heavy atom. The van der Waals surface area contributed by atoms with Gasteiger partial charge in [-0.15, -0.1) is 12.4 Å². The van der Waals surface area contributed by atoms with E-state index in [1.54, 1.807) is 5.06 Å². The van der Waals surface area contributed by atoms with Gasteiger partial charge in [-0.1, -0.05) is 42.0 Å². The van der Waals surface area contributed by atoms with Gasteiger partial charge < -0.3 is 9.74 Å². The lowest BCUT2D eigenvalue weighted by Gasteiger charge is -2.33. The number of allylic oxidation sites excluding steroid dienone is 1. The summed E-state index contributed by atoms with van der Waals surface area (Å²) in [5.74, 6) is 3.29. The maximum atomic E-state index is 11.5. The van der Waals surface area contributed by atoms with Crippen LogP contribution < -0.4 is 4.84 Å². The number of hydrogen-bond acceptors (Lipinski definition) is 4. The molecular formula is C23H29ClN2O2. The quantitative estimate of drug-likeness (QED) is 0.671. The molecule has 1 saturated heterocycles. The third-order valence-electron chi connectivity index (χ3n) is 4.92. The molecule has 0 aliphatic carbocycles. The Morgan fingerprint density at radius 1 is 1.07 bits per heavy atom. The van der Waals surface area contributed by atoms with E-state index in [0.29, 0.717) is 24.6 Å². The first-order valence-electron chi connectivity index (χ1n) is 9.52. The molecule has 1 aliphatic rings. The molecule has 1 heterocycles. The fraction of sp³-hybridized carbons (Fsp3) is 0.391. The van der Waals surface area contributed by atoms with Crippen molar-refractivity contribution < 1.29 is 9.63 Å². The zero-order chi connectivity index (χ0) is 19.2. The first kappa shape index (κ1) is 22.0. The maximum absolute atomic E-state index is 11.5. The molecule has 0 amide bonds. The Morgan fingerprint density at radius 2 is 1.71 bits per heavy atom. The summed E-state index contributed by atoms with van der Waals surface area (Å²) >= 11 is 0. The standard InChI is InChI=1S/C23H28N2O2.ClH/c1-18-4-10-23(11-5-18)27-25-13-12-21(15-22(25)17-26)14-19-6-8-20(9-7-19)16-24(2)3;/h4-11,21H,12-16H2,1-3H3;1H. The predicted molar refractivity (Wildman–Crippen MR) is 115 cm³/mol.